The van der Waals surface area contributed by atoms with Crippen molar-refractivity contribution in [2.24, 2.45) is 5.10 Å². The molecule has 8 heteroatoms. The minimum absolute atomic E-state index is 0.484. The molecule has 0 saturated heterocycles. The summed E-state index contributed by atoms with van der Waals surface area (Å²) in [6.07, 6.45) is 2.30. The van der Waals surface area contributed by atoms with E-state index in [0.29, 0.717) is 17.9 Å². The van der Waals surface area contributed by atoms with E-state index in [0.717, 1.165) is 15.9 Å². The van der Waals surface area contributed by atoms with Gasteiger partial charge < -0.3 is 14.9 Å². The van der Waals surface area contributed by atoms with E-state index >= 15 is 0 Å². The Morgan fingerprint density at radius 3 is 2.45 bits per heavy atom. The molecule has 1 aromatic carbocycles. The van der Waals surface area contributed by atoms with Gasteiger partial charge in [-0.25, -0.2) is 0 Å². The molecule has 7 nitrogen and oxygen atoms in total. The summed E-state index contributed by atoms with van der Waals surface area (Å²) in [5, 5.41) is 22.3. The summed E-state index contributed by atoms with van der Waals surface area (Å²) in [5.41, 5.74) is 0.691. The van der Waals surface area contributed by atoms with Crippen LogP contribution in [-0.4, -0.2) is 53.1 Å². The van der Waals surface area contributed by atoms with E-state index in [1.165, 1.54) is 6.21 Å². The lowest BCUT2D eigenvalue weighted by atomic mass is 10.2. The lowest BCUT2D eigenvalue weighted by Crippen LogP contribution is -2.30. The molecule has 120 valence electrons. The molecule has 2 N–H and O–H groups in total. The first-order valence-electron chi connectivity index (χ1n) is 6.57. The Kier molecular flexibility index (Phi) is 7.38. The molecular formula is C14H17BrN2O5. The van der Waals surface area contributed by atoms with Crippen molar-refractivity contribution in [3.8, 4) is 5.75 Å². The fourth-order valence-electron chi connectivity index (χ4n) is 1.52. The molecule has 0 atom stereocenters. The Morgan fingerprint density at radius 1 is 1.32 bits per heavy atom. The number of ether oxygens (including phenoxy) is 1. The maximum Gasteiger partial charge on any atom is 0.324 e. The summed E-state index contributed by atoms with van der Waals surface area (Å²) in [5.74, 6) is -1.60. The van der Waals surface area contributed by atoms with Gasteiger partial charge in [0.1, 0.15) is 18.8 Å². The van der Waals surface area contributed by atoms with Crippen molar-refractivity contribution in [3.05, 3.63) is 28.2 Å². The van der Waals surface area contributed by atoms with Crippen molar-refractivity contribution in [1.29, 1.82) is 0 Å². The van der Waals surface area contributed by atoms with E-state index in [1.54, 1.807) is 18.2 Å². The first-order valence-corrected chi connectivity index (χ1v) is 7.36. The van der Waals surface area contributed by atoms with E-state index in [1.807, 2.05) is 6.92 Å². The standard InChI is InChI=1S/C14H17BrN2O5/c1-2-5-22-12-4-3-10(6-11(12)15)7-16-17(8-13(18)19)9-14(20)21/h3-4,6-7H,2,5,8-9H2,1H3,(H,18,19)(H,20,21)/b16-7-. The number of halogens is 1. The summed E-state index contributed by atoms with van der Waals surface area (Å²) >= 11 is 3.38. The lowest BCUT2D eigenvalue weighted by Gasteiger charge is -2.13. The summed E-state index contributed by atoms with van der Waals surface area (Å²) in [6.45, 7) is 1.65. The fourth-order valence-corrected chi connectivity index (χ4v) is 2.04. The van der Waals surface area contributed by atoms with Crippen molar-refractivity contribution in [2.75, 3.05) is 19.7 Å². The van der Waals surface area contributed by atoms with Gasteiger partial charge in [0.2, 0.25) is 0 Å². The van der Waals surface area contributed by atoms with Gasteiger partial charge >= 0.3 is 11.9 Å². The number of carboxylic acid groups (broad SMARTS) is 2. The second-order valence-corrected chi connectivity index (χ2v) is 5.25. The highest BCUT2D eigenvalue weighted by Crippen LogP contribution is 2.25. The summed E-state index contributed by atoms with van der Waals surface area (Å²) in [4.78, 5) is 21.3. The highest BCUT2D eigenvalue weighted by molar-refractivity contribution is 9.10. The van der Waals surface area contributed by atoms with Gasteiger partial charge in [0.05, 0.1) is 17.3 Å². The topological polar surface area (TPSA) is 99.4 Å². The quantitative estimate of drug-likeness (QED) is 0.508. The maximum atomic E-state index is 10.7. The molecule has 0 saturated carbocycles. The van der Waals surface area contributed by atoms with Crippen LogP contribution in [0.2, 0.25) is 0 Å². The predicted octanol–water partition coefficient (Wildman–Crippen LogP) is 2.04. The third-order valence-electron chi connectivity index (χ3n) is 2.42. The number of rotatable bonds is 9. The monoisotopic (exact) mass is 372 g/mol. The number of carbonyl (C=O) groups is 2. The van der Waals surface area contributed by atoms with Gasteiger partial charge in [0.15, 0.2) is 0 Å². The molecule has 0 radical (unpaired) electrons. The Hall–Kier alpha value is -2.09. The van der Waals surface area contributed by atoms with Gasteiger partial charge in [-0.15, -0.1) is 0 Å². The molecule has 0 fully saturated rings. The van der Waals surface area contributed by atoms with Gasteiger partial charge in [0.25, 0.3) is 0 Å². The SMILES string of the molecule is CCCOc1ccc(/C=N\N(CC(=O)O)CC(=O)O)cc1Br. The highest BCUT2D eigenvalue weighted by Gasteiger charge is 2.10. The van der Waals surface area contributed by atoms with Crippen molar-refractivity contribution in [3.63, 3.8) is 0 Å². The number of nitrogens with zero attached hydrogens (tertiary/aromatic N) is 2. The summed E-state index contributed by atoms with van der Waals surface area (Å²) in [7, 11) is 0. The first-order chi connectivity index (χ1) is 10.4. The van der Waals surface area contributed by atoms with Crippen molar-refractivity contribution >= 4 is 34.1 Å². The third-order valence-corrected chi connectivity index (χ3v) is 3.04. The minimum atomic E-state index is -1.15. The fraction of sp³-hybridized carbons (Fsp3) is 0.357. The van der Waals surface area contributed by atoms with Crippen LogP contribution in [0.3, 0.4) is 0 Å². The Morgan fingerprint density at radius 2 is 1.95 bits per heavy atom. The van der Waals surface area contributed by atoms with Gasteiger partial charge in [-0.1, -0.05) is 6.92 Å². The van der Waals surface area contributed by atoms with E-state index in [9.17, 15) is 9.59 Å². The molecule has 1 aromatic rings. The predicted molar refractivity (Wildman–Crippen MR) is 84.4 cm³/mol. The molecule has 0 heterocycles. The van der Waals surface area contributed by atoms with Crippen molar-refractivity contribution in [1.82, 2.24) is 5.01 Å². The molecular weight excluding hydrogens is 356 g/mol. The molecule has 0 bridgehead atoms. The summed E-state index contributed by atoms with van der Waals surface area (Å²) in [6, 6.07) is 5.27. The zero-order valence-electron chi connectivity index (χ0n) is 12.0. The number of hydrogen-bond acceptors (Lipinski definition) is 5. The first kappa shape index (κ1) is 18.0. The maximum absolute atomic E-state index is 10.7. The summed E-state index contributed by atoms with van der Waals surface area (Å²) < 4.78 is 6.26. The van der Waals surface area contributed by atoms with Crippen LogP contribution in [0, 0.1) is 0 Å². The van der Waals surface area contributed by atoms with E-state index < -0.39 is 25.0 Å². The lowest BCUT2D eigenvalue weighted by molar-refractivity contribution is -0.141. The van der Waals surface area contributed by atoms with Crippen LogP contribution in [-0.2, 0) is 9.59 Å². The van der Waals surface area contributed by atoms with Crippen LogP contribution in [0.15, 0.2) is 27.8 Å². The largest absolute Gasteiger partial charge is 0.492 e. The van der Waals surface area contributed by atoms with Gasteiger partial charge in [0, 0.05) is 0 Å². The number of hydrogen-bond donors (Lipinski definition) is 2. The average Bonchev–Trinajstić information content (AvgIpc) is 2.42. The zero-order valence-corrected chi connectivity index (χ0v) is 13.6. The number of hydrazone groups is 1. The van der Waals surface area contributed by atoms with Gasteiger partial charge in [-0.05, 0) is 46.1 Å². The smallest absolute Gasteiger partial charge is 0.324 e. The molecule has 0 unspecified atom stereocenters. The Labute approximate surface area is 136 Å². The number of aliphatic carboxylic acids is 2. The second kappa shape index (κ2) is 9.04. The molecule has 0 aliphatic heterocycles. The zero-order chi connectivity index (χ0) is 16.5. The van der Waals surface area contributed by atoms with Crippen LogP contribution >= 0.6 is 15.9 Å². The molecule has 22 heavy (non-hydrogen) atoms. The normalized spacial score (nSPS) is 10.6. The van der Waals surface area contributed by atoms with Crippen LogP contribution < -0.4 is 4.74 Å². The molecule has 0 aliphatic carbocycles. The van der Waals surface area contributed by atoms with Crippen LogP contribution in [0.1, 0.15) is 18.9 Å². The van der Waals surface area contributed by atoms with E-state index in [4.69, 9.17) is 14.9 Å². The second-order valence-electron chi connectivity index (χ2n) is 4.39. The van der Waals surface area contributed by atoms with Crippen LogP contribution in [0.4, 0.5) is 0 Å². The molecule has 0 aliphatic rings. The third kappa shape index (κ3) is 6.57. The molecule has 0 amide bonds. The average molecular weight is 373 g/mol. The molecule has 0 aromatic heterocycles. The van der Waals surface area contributed by atoms with E-state index in [2.05, 4.69) is 21.0 Å². The molecule has 1 rings (SSSR count). The van der Waals surface area contributed by atoms with Crippen molar-refractivity contribution < 1.29 is 24.5 Å². The highest BCUT2D eigenvalue weighted by atomic mass is 79.9. The number of benzene rings is 1. The van der Waals surface area contributed by atoms with Crippen LogP contribution in [0.5, 0.6) is 5.75 Å². The Bertz CT molecular complexity index is 546. The number of carboxylic acids is 2. The van der Waals surface area contributed by atoms with Gasteiger partial charge in [-0.3, -0.25) is 14.6 Å². The molecule has 0 spiro atoms. The van der Waals surface area contributed by atoms with Gasteiger partial charge in [-0.2, -0.15) is 5.10 Å². The Balaban J connectivity index is 2.79. The van der Waals surface area contributed by atoms with Crippen molar-refractivity contribution in [2.45, 2.75) is 13.3 Å². The minimum Gasteiger partial charge on any atom is -0.492 e. The van der Waals surface area contributed by atoms with E-state index in [-0.39, 0.29) is 0 Å². The van der Waals surface area contributed by atoms with Crippen LogP contribution in [0.25, 0.3) is 0 Å².